The van der Waals surface area contributed by atoms with E-state index in [4.69, 9.17) is 0 Å². The van der Waals surface area contributed by atoms with Crippen molar-refractivity contribution in [2.45, 2.75) is 6.42 Å². The van der Waals surface area contributed by atoms with E-state index in [0.29, 0.717) is 0 Å². The van der Waals surface area contributed by atoms with Gasteiger partial charge in [0.1, 0.15) is 0 Å². The second kappa shape index (κ2) is 5.40. The summed E-state index contributed by atoms with van der Waals surface area (Å²) in [6.45, 7) is 0. The molecule has 0 N–H and O–H groups in total. The summed E-state index contributed by atoms with van der Waals surface area (Å²) in [5.41, 5.74) is 0.535. The summed E-state index contributed by atoms with van der Waals surface area (Å²) in [7, 11) is 0. The lowest BCUT2D eigenvalue weighted by atomic mass is 10.0. The van der Waals surface area contributed by atoms with Gasteiger partial charge >= 0.3 is 0 Å². The number of rotatable bonds is 3. The van der Waals surface area contributed by atoms with E-state index < -0.39 is 17.4 Å². The number of Topliss-reactive ketones (excluding diaryl/α,β-unsaturated/α-hetero) is 1. The van der Waals surface area contributed by atoms with Crippen molar-refractivity contribution < 1.29 is 13.6 Å². The maximum absolute atomic E-state index is 13.4. The third kappa shape index (κ3) is 2.82. The fourth-order valence-corrected chi connectivity index (χ4v) is 2.09. The van der Waals surface area contributed by atoms with Gasteiger partial charge in [-0.15, -0.1) is 0 Å². The Morgan fingerprint density at radius 2 is 1.83 bits per heavy atom. The van der Waals surface area contributed by atoms with Crippen LogP contribution in [0.4, 0.5) is 8.78 Å². The minimum Gasteiger partial charge on any atom is -0.294 e. The molecule has 2 rings (SSSR count). The van der Waals surface area contributed by atoms with Gasteiger partial charge in [-0.05, 0) is 29.8 Å². The zero-order valence-corrected chi connectivity index (χ0v) is 10.9. The molecule has 0 bridgehead atoms. The Morgan fingerprint density at radius 3 is 2.56 bits per heavy atom. The third-order valence-electron chi connectivity index (χ3n) is 2.51. The van der Waals surface area contributed by atoms with Crippen molar-refractivity contribution in [1.82, 2.24) is 0 Å². The largest absolute Gasteiger partial charge is 0.294 e. The van der Waals surface area contributed by atoms with Gasteiger partial charge in [-0.2, -0.15) is 0 Å². The molecule has 1 nitrogen and oxygen atoms in total. The molecule has 0 spiro atoms. The Bertz CT molecular complexity index is 596. The Hall–Kier alpha value is -1.55. The molecular weight excluding hydrogens is 302 g/mol. The van der Waals surface area contributed by atoms with Gasteiger partial charge in [0.25, 0.3) is 0 Å². The molecular formula is C14H9BrF2O. The van der Waals surface area contributed by atoms with Crippen LogP contribution in [0.5, 0.6) is 0 Å². The summed E-state index contributed by atoms with van der Waals surface area (Å²) in [5.74, 6) is -2.53. The molecule has 0 aliphatic heterocycles. The minimum absolute atomic E-state index is 0.0415. The summed E-state index contributed by atoms with van der Waals surface area (Å²) in [6, 6.07) is 10.8. The predicted octanol–water partition coefficient (Wildman–Crippen LogP) is 4.15. The molecule has 0 heterocycles. The van der Waals surface area contributed by atoms with Crippen LogP contribution >= 0.6 is 15.9 Å². The molecule has 0 aromatic heterocycles. The maximum atomic E-state index is 13.4. The van der Waals surface area contributed by atoms with Crippen LogP contribution in [0.15, 0.2) is 46.9 Å². The molecule has 0 aliphatic carbocycles. The molecule has 2 aromatic carbocycles. The van der Waals surface area contributed by atoms with E-state index in [1.807, 2.05) is 6.07 Å². The number of carbonyl (C=O) groups is 1. The Kier molecular flexibility index (Phi) is 3.87. The molecule has 0 amide bonds. The van der Waals surface area contributed by atoms with Crippen molar-refractivity contribution in [3.63, 3.8) is 0 Å². The summed E-state index contributed by atoms with van der Waals surface area (Å²) in [4.78, 5) is 11.9. The molecule has 0 aliphatic rings. The van der Waals surface area contributed by atoms with E-state index in [1.165, 1.54) is 12.1 Å². The van der Waals surface area contributed by atoms with Crippen molar-refractivity contribution in [2.75, 3.05) is 0 Å². The van der Waals surface area contributed by atoms with Gasteiger partial charge in [0, 0.05) is 10.9 Å². The molecule has 0 saturated carbocycles. The Morgan fingerprint density at radius 1 is 1.11 bits per heavy atom. The van der Waals surface area contributed by atoms with Crippen LogP contribution in [0.25, 0.3) is 0 Å². The van der Waals surface area contributed by atoms with Gasteiger partial charge in [0.15, 0.2) is 17.4 Å². The van der Waals surface area contributed by atoms with E-state index in [2.05, 4.69) is 15.9 Å². The van der Waals surface area contributed by atoms with Crippen LogP contribution in [-0.4, -0.2) is 5.78 Å². The second-order valence-electron chi connectivity index (χ2n) is 3.83. The molecule has 0 radical (unpaired) electrons. The molecule has 0 saturated heterocycles. The number of benzene rings is 2. The van der Waals surface area contributed by atoms with Gasteiger partial charge in [-0.25, -0.2) is 8.78 Å². The summed E-state index contributed by atoms with van der Waals surface area (Å²) in [6.07, 6.45) is 0.0415. The molecule has 0 unspecified atom stereocenters. The number of ketones is 1. The first-order chi connectivity index (χ1) is 8.58. The average Bonchev–Trinajstić information content (AvgIpc) is 2.32. The zero-order chi connectivity index (χ0) is 13.1. The second-order valence-corrected chi connectivity index (χ2v) is 4.75. The normalized spacial score (nSPS) is 10.4. The molecule has 92 valence electrons. The van der Waals surface area contributed by atoms with Crippen molar-refractivity contribution in [1.29, 1.82) is 0 Å². The lowest BCUT2D eigenvalue weighted by Crippen LogP contribution is -2.07. The molecule has 4 heteroatoms. The average molecular weight is 311 g/mol. The van der Waals surface area contributed by atoms with Crippen molar-refractivity contribution >= 4 is 21.7 Å². The lowest BCUT2D eigenvalue weighted by Gasteiger charge is -2.04. The van der Waals surface area contributed by atoms with E-state index in [1.54, 1.807) is 18.2 Å². The maximum Gasteiger partial charge on any atom is 0.170 e. The van der Waals surface area contributed by atoms with E-state index in [-0.39, 0.29) is 12.0 Å². The van der Waals surface area contributed by atoms with E-state index in [9.17, 15) is 13.6 Å². The van der Waals surface area contributed by atoms with Gasteiger partial charge in [0.05, 0.1) is 5.56 Å². The molecule has 18 heavy (non-hydrogen) atoms. The van der Waals surface area contributed by atoms with E-state index >= 15 is 0 Å². The third-order valence-corrected chi connectivity index (χ3v) is 3.00. The van der Waals surface area contributed by atoms with Gasteiger partial charge in [-0.3, -0.25) is 4.79 Å². The van der Waals surface area contributed by atoms with Gasteiger partial charge in [0.2, 0.25) is 0 Å². The molecule has 0 atom stereocenters. The summed E-state index contributed by atoms with van der Waals surface area (Å²) < 4.78 is 27.3. The summed E-state index contributed by atoms with van der Waals surface area (Å²) >= 11 is 3.29. The van der Waals surface area contributed by atoms with Crippen LogP contribution in [0, 0.1) is 11.6 Å². The number of hydrogen-bond donors (Lipinski definition) is 0. The van der Waals surface area contributed by atoms with Crippen LogP contribution < -0.4 is 0 Å². The van der Waals surface area contributed by atoms with Crippen LogP contribution in [-0.2, 0) is 6.42 Å². The fourth-order valence-electron chi connectivity index (χ4n) is 1.65. The lowest BCUT2D eigenvalue weighted by molar-refractivity contribution is 0.0988. The monoisotopic (exact) mass is 310 g/mol. The highest BCUT2D eigenvalue weighted by molar-refractivity contribution is 9.10. The van der Waals surface area contributed by atoms with Crippen LogP contribution in [0.3, 0.4) is 0 Å². The van der Waals surface area contributed by atoms with E-state index in [0.717, 1.165) is 16.1 Å². The van der Waals surface area contributed by atoms with Crippen LogP contribution in [0.1, 0.15) is 15.9 Å². The van der Waals surface area contributed by atoms with Crippen molar-refractivity contribution in [3.05, 3.63) is 69.7 Å². The first kappa shape index (κ1) is 12.9. The number of hydrogen-bond acceptors (Lipinski definition) is 1. The highest BCUT2D eigenvalue weighted by atomic mass is 79.9. The van der Waals surface area contributed by atoms with Gasteiger partial charge in [-0.1, -0.05) is 34.1 Å². The SMILES string of the molecule is O=C(Cc1cccc(Br)c1)c1cccc(F)c1F. The minimum atomic E-state index is -1.09. The van der Waals surface area contributed by atoms with Crippen molar-refractivity contribution in [3.8, 4) is 0 Å². The fraction of sp³-hybridized carbons (Fsp3) is 0.0714. The highest BCUT2D eigenvalue weighted by Gasteiger charge is 2.15. The first-order valence-electron chi connectivity index (χ1n) is 5.29. The quantitative estimate of drug-likeness (QED) is 0.778. The topological polar surface area (TPSA) is 17.1 Å². The van der Waals surface area contributed by atoms with Crippen LogP contribution in [0.2, 0.25) is 0 Å². The van der Waals surface area contributed by atoms with Gasteiger partial charge < -0.3 is 0 Å². The predicted molar refractivity (Wildman–Crippen MR) is 68.5 cm³/mol. The zero-order valence-electron chi connectivity index (χ0n) is 9.29. The standard InChI is InChI=1S/C14H9BrF2O/c15-10-4-1-3-9(7-10)8-13(18)11-5-2-6-12(16)14(11)17/h1-7H,8H2. The smallest absolute Gasteiger partial charge is 0.170 e. The Balaban J connectivity index is 2.25. The number of carbonyl (C=O) groups excluding carboxylic acids is 1. The summed E-state index contributed by atoms with van der Waals surface area (Å²) in [5, 5.41) is 0. The van der Waals surface area contributed by atoms with Crippen molar-refractivity contribution in [2.24, 2.45) is 0 Å². The molecule has 2 aromatic rings. The highest BCUT2D eigenvalue weighted by Crippen LogP contribution is 2.16. The number of halogens is 3. The Labute approximate surface area is 112 Å². The first-order valence-corrected chi connectivity index (χ1v) is 6.09. The molecule has 0 fully saturated rings.